The first-order chi connectivity index (χ1) is 6.59. The van der Waals surface area contributed by atoms with Crippen molar-refractivity contribution in [1.82, 2.24) is 0 Å². The van der Waals surface area contributed by atoms with Gasteiger partial charge >= 0.3 is 0 Å². The Bertz CT molecular complexity index is 308. The molecule has 0 fully saturated rings. The molecule has 0 aromatic heterocycles. The van der Waals surface area contributed by atoms with Gasteiger partial charge in [-0.3, -0.25) is 4.79 Å². The van der Waals surface area contributed by atoms with E-state index in [9.17, 15) is 13.6 Å². The Kier molecular flexibility index (Phi) is 3.56. The molecule has 75 valence electrons. The van der Waals surface area contributed by atoms with Crippen LogP contribution in [0, 0.1) is 6.42 Å². The van der Waals surface area contributed by atoms with Crippen LogP contribution in [0.15, 0.2) is 24.3 Å². The number of carbonyl (C=O) groups excluding carboxylic acids is 1. The molecule has 4 heteroatoms. The van der Waals surface area contributed by atoms with E-state index in [1.807, 2.05) is 0 Å². The predicted molar refractivity (Wildman–Crippen MR) is 48.6 cm³/mol. The summed E-state index contributed by atoms with van der Waals surface area (Å²) in [5.41, 5.74) is 5.62. The number of hydrogen-bond donors (Lipinski definition) is 1. The topological polar surface area (TPSA) is 43.1 Å². The second-order valence-corrected chi connectivity index (χ2v) is 2.84. The van der Waals surface area contributed by atoms with E-state index in [1.165, 1.54) is 24.3 Å². The van der Waals surface area contributed by atoms with E-state index in [1.54, 1.807) is 6.42 Å². The first kappa shape index (κ1) is 10.6. The molecule has 0 bridgehead atoms. The van der Waals surface area contributed by atoms with Gasteiger partial charge in [0.25, 0.3) is 6.43 Å². The second kappa shape index (κ2) is 4.69. The lowest BCUT2D eigenvalue weighted by molar-refractivity contribution is -0.117. The Morgan fingerprint density at radius 1 is 1.36 bits per heavy atom. The quantitative estimate of drug-likeness (QED) is 0.790. The van der Waals surface area contributed by atoms with Gasteiger partial charge in [-0.15, -0.1) is 0 Å². The fourth-order valence-electron chi connectivity index (χ4n) is 0.996. The lowest BCUT2D eigenvalue weighted by Crippen LogP contribution is -2.10. The lowest BCUT2D eigenvalue weighted by atomic mass is 10.1. The van der Waals surface area contributed by atoms with E-state index < -0.39 is 12.3 Å². The van der Waals surface area contributed by atoms with Gasteiger partial charge in [-0.25, -0.2) is 8.78 Å². The van der Waals surface area contributed by atoms with Crippen molar-refractivity contribution in [3.8, 4) is 0 Å². The van der Waals surface area contributed by atoms with Gasteiger partial charge in [-0.05, 0) is 12.0 Å². The smallest absolute Gasteiger partial charge is 0.263 e. The molecule has 0 heterocycles. The van der Waals surface area contributed by atoms with Crippen LogP contribution in [0.4, 0.5) is 8.78 Å². The lowest BCUT2D eigenvalue weighted by Gasteiger charge is -2.01. The van der Waals surface area contributed by atoms with E-state index in [4.69, 9.17) is 5.73 Å². The highest BCUT2D eigenvalue weighted by atomic mass is 19.3. The van der Waals surface area contributed by atoms with Gasteiger partial charge < -0.3 is 5.73 Å². The molecule has 0 saturated heterocycles. The van der Waals surface area contributed by atoms with Crippen molar-refractivity contribution < 1.29 is 13.6 Å². The fraction of sp³-hybridized carbons (Fsp3) is 0.200. The number of primary amides is 1. The molecule has 2 nitrogen and oxygen atoms in total. The largest absolute Gasteiger partial charge is 0.370 e. The molecule has 0 saturated carbocycles. The molecule has 0 atom stereocenters. The summed E-state index contributed by atoms with van der Waals surface area (Å²) in [5, 5.41) is 0. The van der Waals surface area contributed by atoms with Crippen LogP contribution in [-0.4, -0.2) is 5.91 Å². The average molecular weight is 198 g/mol. The van der Waals surface area contributed by atoms with Gasteiger partial charge in [0.05, 0.1) is 0 Å². The minimum absolute atomic E-state index is 0.0266. The van der Waals surface area contributed by atoms with Crippen molar-refractivity contribution in [3.05, 3.63) is 41.8 Å². The van der Waals surface area contributed by atoms with E-state index in [2.05, 4.69) is 0 Å². The Labute approximate surface area is 80.7 Å². The van der Waals surface area contributed by atoms with Crippen molar-refractivity contribution in [2.24, 2.45) is 5.73 Å². The van der Waals surface area contributed by atoms with Gasteiger partial charge in [-0.2, -0.15) is 0 Å². The van der Waals surface area contributed by atoms with Crippen LogP contribution < -0.4 is 5.73 Å². The maximum atomic E-state index is 12.1. The van der Waals surface area contributed by atoms with Crippen LogP contribution in [0.5, 0.6) is 0 Å². The summed E-state index contributed by atoms with van der Waals surface area (Å²) < 4.78 is 24.3. The van der Waals surface area contributed by atoms with Crippen LogP contribution in [0.25, 0.3) is 0 Å². The normalized spacial score (nSPS) is 10.5. The van der Waals surface area contributed by atoms with Crippen LogP contribution in [0.2, 0.25) is 0 Å². The Morgan fingerprint density at radius 2 is 1.93 bits per heavy atom. The van der Waals surface area contributed by atoms with Crippen LogP contribution >= 0.6 is 0 Å². The Balaban J connectivity index is 2.59. The van der Waals surface area contributed by atoms with Crippen molar-refractivity contribution in [2.45, 2.75) is 12.8 Å². The summed E-state index contributed by atoms with van der Waals surface area (Å²) in [5.74, 6) is -0.442. The molecule has 0 aliphatic rings. The summed E-state index contributed by atoms with van der Waals surface area (Å²) in [4.78, 5) is 10.4. The third kappa shape index (κ3) is 3.12. The van der Waals surface area contributed by atoms with Crippen LogP contribution in [0.1, 0.15) is 24.0 Å². The van der Waals surface area contributed by atoms with Gasteiger partial charge in [0.1, 0.15) is 0 Å². The first-order valence-corrected chi connectivity index (χ1v) is 4.09. The summed E-state index contributed by atoms with van der Waals surface area (Å²) in [6.45, 7) is 0. The molecule has 0 aliphatic heterocycles. The number of amides is 1. The molecule has 1 aromatic carbocycles. The summed E-state index contributed by atoms with van der Waals surface area (Å²) in [7, 11) is 0. The molecular weight excluding hydrogens is 188 g/mol. The standard InChI is InChI=1S/C10H10F2NO/c11-10(12)8-4-1-7(2-5-8)3-6-9(13)14/h1-5,10H,6H2,(H2,13,14). The van der Waals surface area contributed by atoms with Gasteiger partial charge in [-0.1, -0.05) is 24.3 Å². The molecule has 0 aliphatic carbocycles. The Hall–Kier alpha value is -1.45. The highest BCUT2D eigenvalue weighted by molar-refractivity contribution is 5.75. The zero-order valence-electron chi connectivity index (χ0n) is 7.41. The van der Waals surface area contributed by atoms with Crippen molar-refractivity contribution in [2.75, 3.05) is 0 Å². The molecule has 1 amide bonds. The van der Waals surface area contributed by atoms with Crippen LogP contribution in [-0.2, 0) is 4.79 Å². The zero-order valence-corrected chi connectivity index (χ0v) is 7.41. The molecule has 1 aromatic rings. The van der Waals surface area contributed by atoms with Gasteiger partial charge in [0.15, 0.2) is 0 Å². The number of hydrogen-bond acceptors (Lipinski definition) is 1. The average Bonchev–Trinajstić information content (AvgIpc) is 2.15. The molecular formula is C10H10F2NO. The van der Waals surface area contributed by atoms with Crippen molar-refractivity contribution in [3.63, 3.8) is 0 Å². The third-order valence-electron chi connectivity index (χ3n) is 1.73. The van der Waals surface area contributed by atoms with Gasteiger partial charge in [0.2, 0.25) is 5.91 Å². The van der Waals surface area contributed by atoms with Crippen molar-refractivity contribution >= 4 is 5.91 Å². The van der Waals surface area contributed by atoms with E-state index in [0.717, 1.165) is 0 Å². The predicted octanol–water partition coefficient (Wildman–Crippen LogP) is 2.05. The SMILES string of the molecule is NC(=O)C[CH]c1ccc(C(F)F)cc1. The molecule has 2 N–H and O–H groups in total. The molecule has 14 heavy (non-hydrogen) atoms. The van der Waals surface area contributed by atoms with Crippen molar-refractivity contribution in [1.29, 1.82) is 0 Å². The van der Waals surface area contributed by atoms with E-state index in [0.29, 0.717) is 5.56 Å². The maximum absolute atomic E-state index is 12.1. The Morgan fingerprint density at radius 3 is 2.36 bits per heavy atom. The minimum atomic E-state index is -2.46. The maximum Gasteiger partial charge on any atom is 0.263 e. The van der Waals surface area contributed by atoms with Gasteiger partial charge in [0, 0.05) is 12.0 Å². The second-order valence-electron chi connectivity index (χ2n) is 2.84. The molecule has 0 spiro atoms. The minimum Gasteiger partial charge on any atom is -0.370 e. The first-order valence-electron chi connectivity index (χ1n) is 4.09. The number of carbonyl (C=O) groups is 1. The number of alkyl halides is 2. The molecule has 1 radical (unpaired) electrons. The highest BCUT2D eigenvalue weighted by Gasteiger charge is 2.05. The van der Waals surface area contributed by atoms with E-state index in [-0.39, 0.29) is 12.0 Å². The number of halogens is 2. The summed E-state index contributed by atoms with van der Waals surface area (Å²) >= 11 is 0. The third-order valence-corrected chi connectivity index (χ3v) is 1.73. The summed E-state index contributed by atoms with van der Waals surface area (Å²) in [6, 6.07) is 5.73. The summed E-state index contributed by atoms with van der Waals surface area (Å²) in [6.07, 6.45) is -0.744. The number of rotatable bonds is 4. The van der Waals surface area contributed by atoms with Crippen LogP contribution in [0.3, 0.4) is 0 Å². The highest BCUT2D eigenvalue weighted by Crippen LogP contribution is 2.19. The fourth-order valence-corrected chi connectivity index (χ4v) is 0.996. The number of nitrogens with two attached hydrogens (primary N) is 1. The van der Waals surface area contributed by atoms with E-state index >= 15 is 0 Å². The monoisotopic (exact) mass is 198 g/mol. The zero-order chi connectivity index (χ0) is 10.6. The molecule has 0 unspecified atom stereocenters. The number of benzene rings is 1. The molecule has 1 rings (SSSR count).